The zero-order valence-corrected chi connectivity index (χ0v) is 18.6. The number of esters is 1. The lowest BCUT2D eigenvalue weighted by Gasteiger charge is -2.20. The molecule has 0 fully saturated rings. The monoisotopic (exact) mass is 451 g/mol. The quantitative estimate of drug-likeness (QED) is 0.125. The van der Waals surface area contributed by atoms with Gasteiger partial charge < -0.3 is 21.2 Å². The van der Waals surface area contributed by atoms with Crippen LogP contribution in [-0.2, 0) is 9.53 Å². The van der Waals surface area contributed by atoms with E-state index in [9.17, 15) is 4.79 Å². The fraction of sp³-hybridized carbons (Fsp3) is 0.0741. The number of hydrogen-bond acceptors (Lipinski definition) is 4. The van der Waals surface area contributed by atoms with Crippen molar-refractivity contribution in [2.75, 3.05) is 7.11 Å². The van der Waals surface area contributed by atoms with E-state index < -0.39 is 5.97 Å². The molecule has 0 aliphatic heterocycles. The van der Waals surface area contributed by atoms with Crippen LogP contribution in [-0.4, -0.2) is 29.7 Å². The Morgan fingerprint density at radius 2 is 1.59 bits per heavy atom. The van der Waals surface area contributed by atoms with Crippen molar-refractivity contribution in [2.45, 2.75) is 5.92 Å². The number of H-pyrrole nitrogens is 1. The number of carbonyl (C=O) groups is 1. The minimum absolute atomic E-state index is 0.0923. The number of fused-ring (bicyclic) bond motifs is 1. The van der Waals surface area contributed by atoms with Crippen molar-refractivity contribution in [3.05, 3.63) is 112 Å². The van der Waals surface area contributed by atoms with Crippen LogP contribution < -0.4 is 11.5 Å². The van der Waals surface area contributed by atoms with Gasteiger partial charge in [-0.15, -0.1) is 0 Å². The molecule has 7 nitrogen and oxygen atoms in total. The summed E-state index contributed by atoms with van der Waals surface area (Å²) in [4.78, 5) is 14.8. The first-order valence-electron chi connectivity index (χ1n) is 10.6. The molecule has 0 radical (unpaired) electrons. The van der Waals surface area contributed by atoms with Crippen LogP contribution in [0.2, 0.25) is 0 Å². The molecule has 0 saturated carbocycles. The fourth-order valence-corrected chi connectivity index (χ4v) is 4.05. The van der Waals surface area contributed by atoms with Crippen molar-refractivity contribution in [3.63, 3.8) is 0 Å². The Bertz CT molecular complexity index is 1380. The standard InChI is InChI=1S/C27H25N5O2/c1-34-24(33)11-8-16-6-9-17(10-7-16)25(22-15-32-23-5-3-2-4-21(22)23)18-12-19(26(28)29)14-20(13-18)27(30)31/h2-15,25,32H,1H3,(H3,28,29)(H3,30,31). The maximum atomic E-state index is 11.4. The third kappa shape index (κ3) is 4.59. The van der Waals surface area contributed by atoms with Gasteiger partial charge in [0.2, 0.25) is 0 Å². The van der Waals surface area contributed by atoms with E-state index in [2.05, 4.69) is 15.8 Å². The van der Waals surface area contributed by atoms with Crippen molar-refractivity contribution in [1.82, 2.24) is 4.98 Å². The molecule has 7 N–H and O–H groups in total. The third-order valence-electron chi connectivity index (χ3n) is 5.73. The van der Waals surface area contributed by atoms with Crippen molar-refractivity contribution in [3.8, 4) is 0 Å². The first kappa shape index (κ1) is 22.5. The number of amidine groups is 2. The maximum Gasteiger partial charge on any atom is 0.330 e. The molecule has 1 unspecified atom stereocenters. The van der Waals surface area contributed by atoms with Gasteiger partial charge in [-0.3, -0.25) is 10.8 Å². The summed E-state index contributed by atoms with van der Waals surface area (Å²) in [5.41, 5.74) is 17.4. The normalized spacial score (nSPS) is 12.0. The van der Waals surface area contributed by atoms with Crippen LogP contribution in [0.25, 0.3) is 17.0 Å². The van der Waals surface area contributed by atoms with Gasteiger partial charge in [0.05, 0.1) is 7.11 Å². The first-order chi connectivity index (χ1) is 16.4. The summed E-state index contributed by atoms with van der Waals surface area (Å²) in [7, 11) is 1.34. The molecule has 170 valence electrons. The van der Waals surface area contributed by atoms with E-state index in [-0.39, 0.29) is 17.6 Å². The van der Waals surface area contributed by atoms with E-state index in [1.54, 1.807) is 12.1 Å². The highest BCUT2D eigenvalue weighted by molar-refractivity contribution is 6.01. The fourth-order valence-electron chi connectivity index (χ4n) is 4.05. The molecule has 3 aromatic carbocycles. The minimum Gasteiger partial charge on any atom is -0.466 e. The van der Waals surface area contributed by atoms with Crippen LogP contribution in [0.5, 0.6) is 0 Å². The Labute approximate surface area is 197 Å². The van der Waals surface area contributed by atoms with Crippen LogP contribution >= 0.6 is 0 Å². The number of nitrogens with one attached hydrogen (secondary N) is 3. The lowest BCUT2D eigenvalue weighted by Crippen LogP contribution is -2.17. The SMILES string of the molecule is COC(=O)C=Cc1ccc(C(c2cc(C(=N)N)cc(C(=N)N)c2)c2c[nH]c3ccccc23)cc1. The van der Waals surface area contributed by atoms with E-state index >= 15 is 0 Å². The topological polar surface area (TPSA) is 142 Å². The second-order valence-electron chi connectivity index (χ2n) is 7.92. The number of nitrogens with two attached hydrogens (primary N) is 2. The molecular formula is C27H25N5O2. The number of aromatic amines is 1. The summed E-state index contributed by atoms with van der Waals surface area (Å²) in [5.74, 6) is -0.818. The zero-order valence-electron chi connectivity index (χ0n) is 18.6. The van der Waals surface area contributed by atoms with E-state index in [4.69, 9.17) is 22.3 Å². The van der Waals surface area contributed by atoms with Crippen LogP contribution in [0.1, 0.15) is 39.3 Å². The lowest BCUT2D eigenvalue weighted by molar-refractivity contribution is -0.134. The molecule has 1 aromatic heterocycles. The average Bonchev–Trinajstić information content (AvgIpc) is 3.27. The van der Waals surface area contributed by atoms with Crippen molar-refractivity contribution in [2.24, 2.45) is 11.5 Å². The molecule has 0 spiro atoms. The summed E-state index contributed by atoms with van der Waals surface area (Å²) in [5, 5.41) is 17.0. The summed E-state index contributed by atoms with van der Waals surface area (Å²) in [6, 6.07) is 21.3. The molecule has 1 atom stereocenters. The smallest absolute Gasteiger partial charge is 0.330 e. The predicted octanol–water partition coefficient (Wildman–Crippen LogP) is 4.10. The number of methoxy groups -OCH3 is 1. The Balaban J connectivity index is 1.89. The molecule has 0 amide bonds. The van der Waals surface area contributed by atoms with Gasteiger partial charge in [0.1, 0.15) is 11.7 Å². The summed E-state index contributed by atoms with van der Waals surface area (Å²) in [6.45, 7) is 0. The Morgan fingerprint density at radius 1 is 0.941 bits per heavy atom. The molecular weight excluding hydrogens is 426 g/mol. The number of ether oxygens (including phenoxy) is 1. The van der Waals surface area contributed by atoms with Gasteiger partial charge in [0, 0.05) is 40.2 Å². The van der Waals surface area contributed by atoms with Crippen molar-refractivity contribution >= 4 is 34.6 Å². The average molecular weight is 452 g/mol. The predicted molar refractivity (Wildman–Crippen MR) is 135 cm³/mol. The Kier molecular flexibility index (Phi) is 6.27. The summed E-state index contributed by atoms with van der Waals surface area (Å²) < 4.78 is 4.66. The number of rotatable bonds is 7. The van der Waals surface area contributed by atoms with Gasteiger partial charge in [0.15, 0.2) is 0 Å². The van der Waals surface area contributed by atoms with Gasteiger partial charge in [0.25, 0.3) is 0 Å². The Morgan fingerprint density at radius 3 is 2.21 bits per heavy atom. The number of carbonyl (C=O) groups excluding carboxylic acids is 1. The number of nitrogen functional groups attached to an aromatic ring is 2. The molecule has 0 bridgehead atoms. The Hall–Kier alpha value is -4.65. The third-order valence-corrected chi connectivity index (χ3v) is 5.73. The highest BCUT2D eigenvalue weighted by Gasteiger charge is 2.22. The molecule has 0 aliphatic rings. The van der Waals surface area contributed by atoms with Gasteiger partial charge >= 0.3 is 5.97 Å². The second-order valence-corrected chi connectivity index (χ2v) is 7.92. The van der Waals surface area contributed by atoms with E-state index in [0.29, 0.717) is 11.1 Å². The minimum atomic E-state index is -0.418. The van der Waals surface area contributed by atoms with Gasteiger partial charge in [-0.05, 0) is 52.6 Å². The van der Waals surface area contributed by atoms with Crippen molar-refractivity contribution < 1.29 is 9.53 Å². The van der Waals surface area contributed by atoms with Crippen LogP contribution in [0, 0.1) is 10.8 Å². The molecule has 34 heavy (non-hydrogen) atoms. The first-order valence-corrected chi connectivity index (χ1v) is 10.6. The number of aromatic nitrogens is 1. The molecule has 4 aromatic rings. The molecule has 0 aliphatic carbocycles. The van der Waals surface area contributed by atoms with E-state index in [1.807, 2.05) is 60.8 Å². The van der Waals surface area contributed by atoms with Crippen molar-refractivity contribution in [1.29, 1.82) is 10.8 Å². The molecule has 1 heterocycles. The maximum absolute atomic E-state index is 11.4. The number of benzene rings is 3. The summed E-state index contributed by atoms with van der Waals surface area (Å²) in [6.07, 6.45) is 5.05. The largest absolute Gasteiger partial charge is 0.466 e. The molecule has 7 heteroatoms. The number of hydrogen-bond donors (Lipinski definition) is 5. The van der Waals surface area contributed by atoms with Gasteiger partial charge in [-0.2, -0.15) is 0 Å². The molecule has 4 rings (SSSR count). The van der Waals surface area contributed by atoms with E-state index in [0.717, 1.165) is 33.2 Å². The molecule has 0 saturated heterocycles. The lowest BCUT2D eigenvalue weighted by atomic mass is 9.83. The zero-order chi connectivity index (χ0) is 24.2. The highest BCUT2D eigenvalue weighted by Crippen LogP contribution is 2.37. The van der Waals surface area contributed by atoms with E-state index in [1.165, 1.54) is 13.2 Å². The highest BCUT2D eigenvalue weighted by atomic mass is 16.5. The van der Waals surface area contributed by atoms with Crippen LogP contribution in [0.4, 0.5) is 0 Å². The van der Waals surface area contributed by atoms with Crippen LogP contribution in [0.3, 0.4) is 0 Å². The second kappa shape index (κ2) is 9.46. The summed E-state index contributed by atoms with van der Waals surface area (Å²) >= 11 is 0. The number of para-hydroxylation sites is 1. The van der Waals surface area contributed by atoms with Gasteiger partial charge in [-0.25, -0.2) is 4.79 Å². The van der Waals surface area contributed by atoms with Gasteiger partial charge in [-0.1, -0.05) is 42.5 Å². The van der Waals surface area contributed by atoms with Crippen LogP contribution in [0.15, 0.2) is 79.0 Å².